The summed E-state index contributed by atoms with van der Waals surface area (Å²) < 4.78 is 5.60. The largest absolute Gasteiger partial charge is 0.464 e. The molecule has 0 aliphatic heterocycles. The fraction of sp³-hybridized carbons (Fsp3) is 0.667. The van der Waals surface area contributed by atoms with Gasteiger partial charge < -0.3 is 10.2 Å². The number of halogens is 1. The highest BCUT2D eigenvalue weighted by molar-refractivity contribution is 5.85. The minimum atomic E-state index is 0. The zero-order valence-electron chi connectivity index (χ0n) is 9.82. The Bertz CT molecular complexity index is 270. The maximum absolute atomic E-state index is 6.02. The van der Waals surface area contributed by atoms with Crippen LogP contribution in [0, 0.1) is 5.92 Å². The Morgan fingerprint density at radius 3 is 2.40 bits per heavy atom. The van der Waals surface area contributed by atoms with Crippen LogP contribution < -0.4 is 5.73 Å². The van der Waals surface area contributed by atoms with Gasteiger partial charge in [-0.05, 0) is 30.9 Å². The maximum Gasteiger partial charge on any atom is 0.120 e. The number of hydrogen-bond donors (Lipinski definition) is 1. The fourth-order valence-electron chi connectivity index (χ4n) is 1.44. The van der Waals surface area contributed by atoms with E-state index in [1.165, 1.54) is 0 Å². The fourth-order valence-corrected chi connectivity index (χ4v) is 1.44. The molecular weight excluding hydrogens is 210 g/mol. The van der Waals surface area contributed by atoms with E-state index >= 15 is 0 Å². The average molecular weight is 232 g/mol. The molecule has 0 aliphatic carbocycles. The molecule has 0 unspecified atom stereocenters. The van der Waals surface area contributed by atoms with E-state index in [1.54, 1.807) is 0 Å². The van der Waals surface area contributed by atoms with Crippen LogP contribution in [-0.2, 0) is 6.42 Å². The van der Waals surface area contributed by atoms with Crippen molar-refractivity contribution in [1.29, 1.82) is 0 Å². The van der Waals surface area contributed by atoms with Gasteiger partial charge >= 0.3 is 0 Å². The van der Waals surface area contributed by atoms with E-state index in [2.05, 4.69) is 20.8 Å². The van der Waals surface area contributed by atoms with Crippen LogP contribution in [0.2, 0.25) is 0 Å². The summed E-state index contributed by atoms with van der Waals surface area (Å²) >= 11 is 0. The van der Waals surface area contributed by atoms with E-state index < -0.39 is 0 Å². The van der Waals surface area contributed by atoms with Crippen LogP contribution in [0.5, 0.6) is 0 Å². The molecule has 3 heteroatoms. The first kappa shape index (κ1) is 14.5. The van der Waals surface area contributed by atoms with Crippen molar-refractivity contribution >= 4 is 12.4 Å². The van der Waals surface area contributed by atoms with Crippen molar-refractivity contribution in [2.45, 2.75) is 46.1 Å². The van der Waals surface area contributed by atoms with E-state index in [1.807, 2.05) is 12.1 Å². The Kier molecular flexibility index (Phi) is 6.70. The van der Waals surface area contributed by atoms with Gasteiger partial charge in [-0.3, -0.25) is 0 Å². The molecule has 0 aliphatic rings. The lowest BCUT2D eigenvalue weighted by atomic mass is 10.0. The van der Waals surface area contributed by atoms with Gasteiger partial charge in [-0.15, -0.1) is 12.4 Å². The molecule has 0 saturated heterocycles. The van der Waals surface area contributed by atoms with E-state index in [9.17, 15) is 0 Å². The molecule has 1 rings (SSSR count). The van der Waals surface area contributed by atoms with Crippen molar-refractivity contribution in [2.75, 3.05) is 0 Å². The lowest BCUT2D eigenvalue weighted by molar-refractivity contribution is 0.405. The third kappa shape index (κ3) is 4.72. The highest BCUT2D eigenvalue weighted by Gasteiger charge is 2.10. The van der Waals surface area contributed by atoms with Crippen molar-refractivity contribution in [3.05, 3.63) is 23.7 Å². The summed E-state index contributed by atoms with van der Waals surface area (Å²) in [5.74, 6) is 2.67. The minimum absolute atomic E-state index is 0. The lowest BCUT2D eigenvalue weighted by Crippen LogP contribution is -2.10. The minimum Gasteiger partial charge on any atom is -0.464 e. The maximum atomic E-state index is 6.02. The molecule has 1 atom stereocenters. The third-order valence-electron chi connectivity index (χ3n) is 2.45. The lowest BCUT2D eigenvalue weighted by Gasteiger charge is -2.10. The van der Waals surface area contributed by atoms with Crippen molar-refractivity contribution in [3.63, 3.8) is 0 Å². The van der Waals surface area contributed by atoms with Gasteiger partial charge in [-0.1, -0.05) is 20.8 Å². The molecule has 2 N–H and O–H groups in total. The third-order valence-corrected chi connectivity index (χ3v) is 2.45. The molecule has 1 aromatic heterocycles. The molecule has 0 fully saturated rings. The Morgan fingerprint density at radius 1 is 1.27 bits per heavy atom. The second kappa shape index (κ2) is 6.91. The smallest absolute Gasteiger partial charge is 0.120 e. The predicted molar refractivity (Wildman–Crippen MR) is 66.3 cm³/mol. The number of nitrogens with two attached hydrogens (primary N) is 1. The summed E-state index contributed by atoms with van der Waals surface area (Å²) in [4.78, 5) is 0. The molecule has 0 saturated carbocycles. The van der Waals surface area contributed by atoms with E-state index in [4.69, 9.17) is 10.2 Å². The summed E-state index contributed by atoms with van der Waals surface area (Å²) in [6.07, 6.45) is 3.11. The van der Waals surface area contributed by atoms with Gasteiger partial charge in [0, 0.05) is 6.42 Å². The summed E-state index contributed by atoms with van der Waals surface area (Å²) in [5, 5.41) is 0. The van der Waals surface area contributed by atoms with Crippen molar-refractivity contribution in [3.8, 4) is 0 Å². The van der Waals surface area contributed by atoms with Gasteiger partial charge in [-0.2, -0.15) is 0 Å². The van der Waals surface area contributed by atoms with Gasteiger partial charge in [0.25, 0.3) is 0 Å². The standard InChI is InChI=1S/C12H21NO.ClH/c1-4-10-6-8-12(14-10)11(13)7-5-9(2)3;/h6,8-9,11H,4-5,7,13H2,1-3H3;1H/t11-;/m0./s1. The first-order valence-corrected chi connectivity index (χ1v) is 5.47. The van der Waals surface area contributed by atoms with Gasteiger partial charge in [0.1, 0.15) is 11.5 Å². The first-order chi connectivity index (χ1) is 6.63. The quantitative estimate of drug-likeness (QED) is 0.839. The number of furan rings is 1. The molecule has 0 bridgehead atoms. The normalized spacial score (nSPS) is 12.6. The van der Waals surface area contributed by atoms with Crippen LogP contribution in [0.25, 0.3) is 0 Å². The molecule has 0 radical (unpaired) electrons. The molecule has 2 nitrogen and oxygen atoms in total. The Morgan fingerprint density at radius 2 is 1.93 bits per heavy atom. The van der Waals surface area contributed by atoms with Gasteiger partial charge in [0.05, 0.1) is 6.04 Å². The topological polar surface area (TPSA) is 39.2 Å². The second-order valence-corrected chi connectivity index (χ2v) is 4.24. The van der Waals surface area contributed by atoms with Crippen LogP contribution >= 0.6 is 12.4 Å². The summed E-state index contributed by atoms with van der Waals surface area (Å²) in [6, 6.07) is 4.09. The van der Waals surface area contributed by atoms with Crippen LogP contribution in [0.1, 0.15) is 51.2 Å². The van der Waals surface area contributed by atoms with Gasteiger partial charge in [-0.25, -0.2) is 0 Å². The molecular formula is C12H22ClNO. The first-order valence-electron chi connectivity index (χ1n) is 5.47. The van der Waals surface area contributed by atoms with Crippen molar-refractivity contribution in [2.24, 2.45) is 11.7 Å². The number of rotatable bonds is 5. The molecule has 0 aromatic carbocycles. The Labute approximate surface area is 98.6 Å². The predicted octanol–water partition coefficient (Wildman–Crippen LogP) is 3.70. The van der Waals surface area contributed by atoms with E-state index in [0.717, 1.165) is 30.8 Å². The Balaban J connectivity index is 0.00000196. The van der Waals surface area contributed by atoms with Crippen molar-refractivity contribution < 1.29 is 4.42 Å². The summed E-state index contributed by atoms with van der Waals surface area (Å²) in [6.45, 7) is 6.51. The SMILES string of the molecule is CCc1ccc([C@@H](N)CCC(C)C)o1.Cl. The monoisotopic (exact) mass is 231 g/mol. The average Bonchev–Trinajstić information content (AvgIpc) is 2.62. The molecule has 1 heterocycles. The zero-order chi connectivity index (χ0) is 10.6. The number of aryl methyl sites for hydroxylation is 1. The van der Waals surface area contributed by atoms with Crippen LogP contribution in [0.4, 0.5) is 0 Å². The molecule has 0 amide bonds. The second-order valence-electron chi connectivity index (χ2n) is 4.24. The van der Waals surface area contributed by atoms with Gasteiger partial charge in [0.15, 0.2) is 0 Å². The molecule has 88 valence electrons. The zero-order valence-corrected chi connectivity index (χ0v) is 10.6. The van der Waals surface area contributed by atoms with Crippen LogP contribution in [-0.4, -0.2) is 0 Å². The highest BCUT2D eigenvalue weighted by atomic mass is 35.5. The summed E-state index contributed by atoms with van der Waals surface area (Å²) in [5.41, 5.74) is 6.02. The van der Waals surface area contributed by atoms with Crippen LogP contribution in [0.3, 0.4) is 0 Å². The van der Waals surface area contributed by atoms with Gasteiger partial charge in [0.2, 0.25) is 0 Å². The van der Waals surface area contributed by atoms with E-state index in [0.29, 0.717) is 5.92 Å². The molecule has 15 heavy (non-hydrogen) atoms. The number of hydrogen-bond acceptors (Lipinski definition) is 2. The molecule has 1 aromatic rings. The molecule has 0 spiro atoms. The van der Waals surface area contributed by atoms with Crippen molar-refractivity contribution in [1.82, 2.24) is 0 Å². The van der Waals surface area contributed by atoms with Crippen LogP contribution in [0.15, 0.2) is 16.5 Å². The highest BCUT2D eigenvalue weighted by Crippen LogP contribution is 2.20. The Hall–Kier alpha value is -0.470. The summed E-state index contributed by atoms with van der Waals surface area (Å²) in [7, 11) is 0. The van der Waals surface area contributed by atoms with E-state index in [-0.39, 0.29) is 18.4 Å².